The highest BCUT2D eigenvalue weighted by atomic mass is 32.1. The van der Waals surface area contributed by atoms with Gasteiger partial charge in [0.15, 0.2) is 0 Å². The zero-order valence-corrected chi connectivity index (χ0v) is 6.06. The lowest BCUT2D eigenvalue weighted by Gasteiger charge is -2.00. The molecule has 0 amide bonds. The predicted octanol–water partition coefficient (Wildman–Crippen LogP) is 0.808. The summed E-state index contributed by atoms with van der Waals surface area (Å²) in [6.45, 7) is 0. The molecule has 3 atom stereocenters. The van der Waals surface area contributed by atoms with E-state index < -0.39 is 0 Å². The molecule has 2 nitrogen and oxygen atoms in total. The minimum absolute atomic E-state index is 0.222. The number of rotatable bonds is 0. The molecule has 1 aromatic heterocycles. The van der Waals surface area contributed by atoms with E-state index in [1.54, 1.807) is 11.3 Å². The van der Waals surface area contributed by atoms with Crippen molar-refractivity contribution in [3.63, 3.8) is 0 Å². The Balaban J connectivity index is 2.23. The number of fused-ring (bicyclic) bond motifs is 3. The van der Waals surface area contributed by atoms with Gasteiger partial charge in [-0.05, 0) is 17.0 Å². The quantitative estimate of drug-likeness (QED) is 0.541. The van der Waals surface area contributed by atoms with Crippen LogP contribution in [0.25, 0.3) is 0 Å². The van der Waals surface area contributed by atoms with Crippen LogP contribution in [0.2, 0.25) is 0 Å². The van der Waals surface area contributed by atoms with Crippen molar-refractivity contribution in [2.24, 2.45) is 0 Å². The number of nitrogens with one attached hydrogen (secondary N) is 1. The van der Waals surface area contributed by atoms with Crippen molar-refractivity contribution < 1.29 is 5.11 Å². The van der Waals surface area contributed by atoms with Crippen LogP contribution in [-0.2, 0) is 0 Å². The highest BCUT2D eigenvalue weighted by molar-refractivity contribution is 7.10. The van der Waals surface area contributed by atoms with Crippen LogP contribution in [0.1, 0.15) is 22.6 Å². The summed E-state index contributed by atoms with van der Waals surface area (Å²) in [6, 6.07) is 2.94. The normalized spacial score (nSPS) is 41.1. The lowest BCUT2D eigenvalue weighted by atomic mass is 10.3. The van der Waals surface area contributed by atoms with Gasteiger partial charge in [0.2, 0.25) is 0 Å². The second kappa shape index (κ2) is 1.44. The van der Waals surface area contributed by atoms with Gasteiger partial charge in [-0.25, -0.2) is 0 Å². The third-order valence-electron chi connectivity index (χ3n) is 2.29. The van der Waals surface area contributed by atoms with E-state index in [0.717, 1.165) is 0 Å². The van der Waals surface area contributed by atoms with Crippen LogP contribution in [0.5, 0.6) is 0 Å². The number of hydrogen-bond acceptors (Lipinski definition) is 3. The molecule has 1 aromatic rings. The largest absolute Gasteiger partial charge is 0.386 e. The highest BCUT2D eigenvalue weighted by Crippen LogP contribution is 2.50. The highest BCUT2D eigenvalue weighted by Gasteiger charge is 2.51. The van der Waals surface area contributed by atoms with E-state index in [9.17, 15) is 5.11 Å². The van der Waals surface area contributed by atoms with E-state index >= 15 is 0 Å². The van der Waals surface area contributed by atoms with E-state index in [1.807, 2.05) is 5.38 Å². The molecule has 0 spiro atoms. The van der Waals surface area contributed by atoms with Crippen molar-refractivity contribution in [3.8, 4) is 0 Å². The van der Waals surface area contributed by atoms with Gasteiger partial charge in [0.05, 0.1) is 12.1 Å². The second-order valence-corrected chi connectivity index (χ2v) is 3.80. The summed E-state index contributed by atoms with van der Waals surface area (Å²) >= 11 is 1.66. The van der Waals surface area contributed by atoms with Gasteiger partial charge in [0.25, 0.3) is 0 Å². The molecule has 0 radical (unpaired) electrons. The Morgan fingerprint density at radius 2 is 2.50 bits per heavy atom. The monoisotopic (exact) mass is 153 g/mol. The maximum absolute atomic E-state index is 9.53. The summed E-state index contributed by atoms with van der Waals surface area (Å²) < 4.78 is 0. The van der Waals surface area contributed by atoms with Gasteiger partial charge in [-0.3, -0.25) is 0 Å². The molecule has 0 saturated carbocycles. The number of aliphatic hydroxyl groups excluding tert-OH is 1. The van der Waals surface area contributed by atoms with Gasteiger partial charge in [-0.15, -0.1) is 11.3 Å². The Kier molecular flexibility index (Phi) is 0.764. The summed E-state index contributed by atoms with van der Waals surface area (Å²) in [5.74, 6) is 0. The maximum atomic E-state index is 9.53. The van der Waals surface area contributed by atoms with Gasteiger partial charge >= 0.3 is 0 Å². The summed E-state index contributed by atoms with van der Waals surface area (Å²) in [5, 5.41) is 14.8. The fraction of sp³-hybridized carbons (Fsp3) is 0.429. The van der Waals surface area contributed by atoms with Crippen LogP contribution in [0, 0.1) is 0 Å². The average Bonchev–Trinajstić information content (AvgIpc) is 2.48. The van der Waals surface area contributed by atoms with E-state index in [4.69, 9.17) is 0 Å². The van der Waals surface area contributed by atoms with E-state index in [1.165, 1.54) is 10.4 Å². The summed E-state index contributed by atoms with van der Waals surface area (Å²) in [7, 11) is 0. The molecular weight excluding hydrogens is 146 g/mol. The van der Waals surface area contributed by atoms with Crippen LogP contribution < -0.4 is 5.32 Å². The Labute approximate surface area is 62.5 Å². The smallest absolute Gasteiger partial charge is 0.106 e. The lowest BCUT2D eigenvalue weighted by molar-refractivity contribution is 0.184. The van der Waals surface area contributed by atoms with Gasteiger partial charge in [-0.1, -0.05) is 0 Å². The number of aliphatic hydroxyl groups is 1. The first kappa shape index (κ1) is 5.29. The summed E-state index contributed by atoms with van der Waals surface area (Å²) in [6.07, 6.45) is -0.222. The zero-order chi connectivity index (χ0) is 6.72. The van der Waals surface area contributed by atoms with Gasteiger partial charge < -0.3 is 10.4 Å². The van der Waals surface area contributed by atoms with E-state index in [0.29, 0.717) is 12.1 Å². The zero-order valence-electron chi connectivity index (χ0n) is 5.24. The Morgan fingerprint density at radius 3 is 3.30 bits per heavy atom. The molecular formula is C7H7NOS. The maximum Gasteiger partial charge on any atom is 0.106 e. The molecule has 1 saturated heterocycles. The molecule has 2 unspecified atom stereocenters. The molecule has 2 heterocycles. The fourth-order valence-corrected chi connectivity index (χ4v) is 2.68. The van der Waals surface area contributed by atoms with Crippen molar-refractivity contribution in [1.29, 1.82) is 0 Å². The minimum atomic E-state index is -0.222. The molecule has 1 fully saturated rings. The molecule has 2 aliphatic rings. The van der Waals surface area contributed by atoms with Crippen molar-refractivity contribution in [2.45, 2.75) is 18.2 Å². The first-order valence-electron chi connectivity index (χ1n) is 3.39. The van der Waals surface area contributed by atoms with Crippen LogP contribution >= 0.6 is 11.3 Å². The number of hydrogen-bond donors (Lipinski definition) is 2. The van der Waals surface area contributed by atoms with Crippen LogP contribution in [0.3, 0.4) is 0 Å². The first-order chi connectivity index (χ1) is 4.88. The Bertz CT molecular complexity index is 272. The Hall–Kier alpha value is -0.380. The molecule has 3 heteroatoms. The molecule has 0 bridgehead atoms. The topological polar surface area (TPSA) is 42.2 Å². The predicted molar refractivity (Wildman–Crippen MR) is 38.9 cm³/mol. The molecule has 0 aromatic carbocycles. The SMILES string of the molecule is O[C@@H]1c2sccc2C2NC21. The van der Waals surface area contributed by atoms with Crippen LogP contribution in [0.15, 0.2) is 11.4 Å². The minimum Gasteiger partial charge on any atom is -0.386 e. The molecule has 3 rings (SSSR count). The van der Waals surface area contributed by atoms with Crippen LogP contribution in [-0.4, -0.2) is 11.1 Å². The van der Waals surface area contributed by atoms with Gasteiger partial charge in [-0.2, -0.15) is 0 Å². The van der Waals surface area contributed by atoms with Crippen LogP contribution in [0.4, 0.5) is 0 Å². The molecule has 52 valence electrons. The summed E-state index contributed by atoms with van der Waals surface area (Å²) in [4.78, 5) is 1.17. The van der Waals surface area contributed by atoms with Crippen molar-refractivity contribution in [2.75, 3.05) is 0 Å². The molecule has 1 aliphatic heterocycles. The molecule has 1 aliphatic carbocycles. The number of thiophene rings is 1. The average molecular weight is 153 g/mol. The lowest BCUT2D eigenvalue weighted by Crippen LogP contribution is -2.03. The fourth-order valence-electron chi connectivity index (χ4n) is 1.70. The van der Waals surface area contributed by atoms with Crippen molar-refractivity contribution >= 4 is 11.3 Å². The van der Waals surface area contributed by atoms with Gasteiger partial charge in [0.1, 0.15) is 6.10 Å². The summed E-state index contributed by atoms with van der Waals surface area (Å²) in [5.41, 5.74) is 1.32. The molecule has 2 N–H and O–H groups in total. The van der Waals surface area contributed by atoms with Crippen molar-refractivity contribution in [3.05, 3.63) is 21.9 Å². The van der Waals surface area contributed by atoms with Gasteiger partial charge in [0, 0.05) is 4.88 Å². The first-order valence-corrected chi connectivity index (χ1v) is 4.27. The third kappa shape index (κ3) is 0.438. The second-order valence-electron chi connectivity index (χ2n) is 2.86. The molecule has 10 heavy (non-hydrogen) atoms. The Morgan fingerprint density at radius 1 is 1.60 bits per heavy atom. The van der Waals surface area contributed by atoms with Crippen molar-refractivity contribution in [1.82, 2.24) is 5.32 Å². The van der Waals surface area contributed by atoms with E-state index in [2.05, 4.69) is 11.4 Å². The third-order valence-corrected chi connectivity index (χ3v) is 3.30. The standard InChI is InChI=1S/C7H7NOS/c9-6-5-4(8-5)3-1-2-10-7(3)6/h1-2,4-6,8-9H/t4?,5?,6-/m0/s1. The van der Waals surface area contributed by atoms with E-state index in [-0.39, 0.29) is 6.10 Å².